The molecule has 35 heavy (non-hydrogen) atoms. The number of benzene rings is 2. The summed E-state index contributed by atoms with van der Waals surface area (Å²) in [7, 11) is -1.04. The van der Waals surface area contributed by atoms with Crippen molar-refractivity contribution in [2.75, 3.05) is 18.2 Å². The van der Waals surface area contributed by atoms with Crippen molar-refractivity contribution in [3.8, 4) is 22.8 Å². The molecule has 4 bridgehead atoms. The molecule has 3 aromatic rings. The number of rotatable bonds is 2. The minimum atomic E-state index is -1.04. The van der Waals surface area contributed by atoms with E-state index in [1.54, 1.807) is 12.3 Å². The van der Waals surface area contributed by atoms with E-state index in [1.165, 1.54) is 18.2 Å². The van der Waals surface area contributed by atoms with E-state index in [0.29, 0.717) is 35.2 Å². The molecule has 1 aliphatic rings. The van der Waals surface area contributed by atoms with Crippen molar-refractivity contribution in [1.29, 1.82) is 0 Å². The van der Waals surface area contributed by atoms with Gasteiger partial charge in [0.1, 0.15) is 23.0 Å². The lowest BCUT2D eigenvalue weighted by Crippen LogP contribution is -2.16. The minimum absolute atomic E-state index is 0.0000946. The molecule has 0 saturated heterocycles. The molecule has 2 heterocycles. The van der Waals surface area contributed by atoms with Crippen LogP contribution in [0.3, 0.4) is 0 Å². The molecule has 0 radical (unpaired) electrons. The lowest BCUT2D eigenvalue weighted by molar-refractivity contribution is 0.177. The molecule has 1 aromatic heterocycles. The summed E-state index contributed by atoms with van der Waals surface area (Å²) in [5.74, 6) is 0.146. The first-order valence-electron chi connectivity index (χ1n) is 11.2. The fourth-order valence-corrected chi connectivity index (χ4v) is 3.94. The summed E-state index contributed by atoms with van der Waals surface area (Å²) in [5.41, 5.74) is 6.88. The predicted octanol–water partition coefficient (Wildman–Crippen LogP) is 4.95. The summed E-state index contributed by atoms with van der Waals surface area (Å²) in [6.07, 6.45) is 2.98. The molecule has 2 aromatic carbocycles. The van der Waals surface area contributed by atoms with Crippen molar-refractivity contribution in [2.24, 2.45) is 5.73 Å². The fourth-order valence-electron chi connectivity index (χ4n) is 3.30. The van der Waals surface area contributed by atoms with Gasteiger partial charge in [-0.15, -0.1) is 0 Å². The molecule has 4 rings (SSSR count). The van der Waals surface area contributed by atoms with Gasteiger partial charge < -0.3 is 20.5 Å². The van der Waals surface area contributed by atoms with Crippen LogP contribution < -0.4 is 20.5 Å². The van der Waals surface area contributed by atoms with Gasteiger partial charge in [-0.25, -0.2) is 18.7 Å². The molecule has 10 heteroatoms. The summed E-state index contributed by atoms with van der Waals surface area (Å²) in [5, 5.41) is 3.05. The van der Waals surface area contributed by atoms with Crippen LogP contribution in [0.5, 0.6) is 11.5 Å². The number of hydrogen-bond donors (Lipinski definition) is 2. The Kier molecular flexibility index (Phi) is 9.11. The van der Waals surface area contributed by atoms with Gasteiger partial charge in [0.2, 0.25) is 5.95 Å². The zero-order chi connectivity index (χ0) is 25.5. The molecule has 0 saturated carbocycles. The van der Waals surface area contributed by atoms with Crippen LogP contribution in [0.25, 0.3) is 11.3 Å². The number of hydrogen-bond acceptors (Lipinski definition) is 7. The highest BCUT2D eigenvalue weighted by Crippen LogP contribution is 2.33. The van der Waals surface area contributed by atoms with Gasteiger partial charge in [0.05, 0.1) is 18.9 Å². The topological polar surface area (TPSA) is 99.4 Å². The number of nitrogens with zero attached hydrogens (tertiary/aromatic N) is 2. The molecule has 2 unspecified atom stereocenters. The van der Waals surface area contributed by atoms with Crippen LogP contribution in [0, 0.1) is 11.6 Å². The van der Waals surface area contributed by atoms with Crippen LogP contribution in [0.15, 0.2) is 42.6 Å². The van der Waals surface area contributed by atoms with Crippen molar-refractivity contribution in [3.63, 3.8) is 0 Å². The predicted molar refractivity (Wildman–Crippen MR) is 134 cm³/mol. The molecule has 0 fully saturated rings. The fraction of sp³-hybridized carbons (Fsp3) is 0.360. The first kappa shape index (κ1) is 26.5. The van der Waals surface area contributed by atoms with Gasteiger partial charge in [-0.1, -0.05) is 13.8 Å². The highest BCUT2D eigenvalue weighted by atomic mass is 32.2. The monoisotopic (exact) mass is 504 g/mol. The molecule has 7 nitrogen and oxygen atoms in total. The number of nitrogens with one attached hydrogen (secondary N) is 1. The van der Waals surface area contributed by atoms with Crippen LogP contribution >= 0.6 is 0 Å². The van der Waals surface area contributed by atoms with Gasteiger partial charge in [0.15, 0.2) is 5.82 Å². The van der Waals surface area contributed by atoms with Gasteiger partial charge in [-0.2, -0.15) is 0 Å². The van der Waals surface area contributed by atoms with Gasteiger partial charge in [0, 0.05) is 52.6 Å². The Hall–Kier alpha value is -3.11. The van der Waals surface area contributed by atoms with Gasteiger partial charge >= 0.3 is 0 Å². The van der Waals surface area contributed by atoms with Gasteiger partial charge in [-0.3, -0.25) is 4.21 Å². The van der Waals surface area contributed by atoms with E-state index in [1.807, 2.05) is 32.9 Å². The van der Waals surface area contributed by atoms with Crippen LogP contribution in [-0.4, -0.2) is 39.2 Å². The minimum Gasteiger partial charge on any atom is -0.493 e. The Balaban J connectivity index is 0.000000795. The molecule has 1 aliphatic heterocycles. The highest BCUT2D eigenvalue weighted by molar-refractivity contribution is 7.83. The number of ether oxygens (including phenoxy) is 2. The number of fused-ring (bicyclic) bond motifs is 6. The second kappa shape index (κ2) is 12.0. The van der Waals surface area contributed by atoms with E-state index in [9.17, 15) is 13.0 Å². The van der Waals surface area contributed by atoms with Crippen molar-refractivity contribution >= 4 is 22.4 Å². The number of nitrogens with two attached hydrogens (primary N) is 1. The van der Waals surface area contributed by atoms with E-state index in [-0.39, 0.29) is 30.1 Å². The average molecular weight is 505 g/mol. The summed E-state index contributed by atoms with van der Waals surface area (Å²) >= 11 is 0. The maximum atomic E-state index is 14.6. The van der Waals surface area contributed by atoms with Crippen LogP contribution in [0.2, 0.25) is 0 Å². The molecule has 2 atom stereocenters. The Labute approximate surface area is 206 Å². The van der Waals surface area contributed by atoms with Crippen LogP contribution in [0.4, 0.5) is 20.4 Å². The van der Waals surface area contributed by atoms with E-state index in [4.69, 9.17) is 15.2 Å². The molecular formula is C25H30F2N4O3S. The number of anilines is 2. The van der Waals surface area contributed by atoms with Crippen LogP contribution in [0.1, 0.15) is 32.8 Å². The maximum absolute atomic E-state index is 14.6. The Bertz CT molecular complexity index is 1190. The molecule has 0 aliphatic carbocycles. The second-order valence-electron chi connectivity index (χ2n) is 8.55. The van der Waals surface area contributed by atoms with E-state index >= 15 is 0 Å². The lowest BCUT2D eigenvalue weighted by atomic mass is 10.1. The Morgan fingerprint density at radius 2 is 1.97 bits per heavy atom. The largest absolute Gasteiger partial charge is 0.493 e. The van der Waals surface area contributed by atoms with Crippen LogP contribution in [-0.2, 0) is 16.6 Å². The Morgan fingerprint density at radius 3 is 2.69 bits per heavy atom. The summed E-state index contributed by atoms with van der Waals surface area (Å²) < 4.78 is 51.9. The van der Waals surface area contributed by atoms with Crippen molar-refractivity contribution in [2.45, 2.75) is 45.1 Å². The highest BCUT2D eigenvalue weighted by Gasteiger charge is 2.17. The third-order valence-electron chi connectivity index (χ3n) is 4.65. The van der Waals surface area contributed by atoms with E-state index < -0.39 is 22.4 Å². The van der Waals surface area contributed by atoms with E-state index in [2.05, 4.69) is 15.3 Å². The zero-order valence-electron chi connectivity index (χ0n) is 20.2. The van der Waals surface area contributed by atoms with Crippen molar-refractivity contribution in [3.05, 3.63) is 59.8 Å². The summed E-state index contributed by atoms with van der Waals surface area (Å²) in [4.78, 5) is 8.30. The lowest BCUT2D eigenvalue weighted by Gasteiger charge is -2.19. The Morgan fingerprint density at radius 1 is 1.23 bits per heavy atom. The molecule has 0 amide bonds. The smallest absolute Gasteiger partial charge is 0.227 e. The summed E-state index contributed by atoms with van der Waals surface area (Å²) in [6.45, 7) is 6.02. The maximum Gasteiger partial charge on any atom is 0.227 e. The number of halogens is 2. The molecule has 3 N–H and O–H groups in total. The van der Waals surface area contributed by atoms with Gasteiger partial charge in [0.25, 0.3) is 0 Å². The first-order chi connectivity index (χ1) is 16.6. The summed E-state index contributed by atoms with van der Waals surface area (Å²) in [6, 6.07) is 9.64. The quantitative estimate of drug-likeness (QED) is 0.510. The van der Waals surface area contributed by atoms with Crippen molar-refractivity contribution in [1.82, 2.24) is 9.97 Å². The van der Waals surface area contributed by atoms with E-state index in [0.717, 1.165) is 11.8 Å². The molecule has 0 spiro atoms. The second-order valence-corrected chi connectivity index (χ2v) is 9.98. The first-order valence-corrected chi connectivity index (χ1v) is 12.9. The number of aromatic nitrogens is 2. The molecule has 188 valence electrons. The average Bonchev–Trinajstić information content (AvgIpc) is 2.74. The SMILES string of the molecule is CC(C)N.CC1CCOc2cc(F)ccc2-c2nc(ncc2F)Nc2cc(CS(C)=O)cc(c2)O1. The standard InChI is InChI=1S/C22H21F2N3O3S.C3H9N/c1-13-5-6-29-20-9-15(23)3-4-18(20)21-19(24)11-25-22(27-21)26-16-7-14(12-31(2)28)8-17(10-16)30-13;1-3(2)4/h3-4,7-11,13H,5-6,12H2,1-2H3,(H,25,26,27);3H,4H2,1-2H3. The third-order valence-corrected chi connectivity index (χ3v) is 5.39. The zero-order valence-corrected chi connectivity index (χ0v) is 21.0. The normalized spacial score (nSPS) is 15.8. The van der Waals surface area contributed by atoms with Crippen molar-refractivity contribution < 1.29 is 22.5 Å². The third kappa shape index (κ3) is 7.97. The molecular weight excluding hydrogens is 474 g/mol. The van der Waals surface area contributed by atoms with Gasteiger partial charge in [-0.05, 0) is 42.8 Å².